The molecular formula is C16H14Br2N2O. The number of hydrogen-bond acceptors (Lipinski definition) is 2. The van der Waals surface area contributed by atoms with E-state index in [1.54, 1.807) is 12.1 Å². The third-order valence-electron chi connectivity index (χ3n) is 2.89. The third kappa shape index (κ3) is 4.51. The van der Waals surface area contributed by atoms with Crippen LogP contribution in [-0.2, 0) is 0 Å². The van der Waals surface area contributed by atoms with Gasteiger partial charge in [-0.3, -0.25) is 4.79 Å². The van der Waals surface area contributed by atoms with Crippen molar-refractivity contribution in [3.05, 3.63) is 68.6 Å². The van der Waals surface area contributed by atoms with Crippen LogP contribution in [0, 0.1) is 0 Å². The predicted molar refractivity (Wildman–Crippen MR) is 92.6 cm³/mol. The van der Waals surface area contributed by atoms with E-state index in [0.717, 1.165) is 26.6 Å². The minimum Gasteiger partial charge on any atom is -0.267 e. The Hall–Kier alpha value is -1.46. The second-order valence-electron chi connectivity index (χ2n) is 4.37. The molecule has 0 heterocycles. The van der Waals surface area contributed by atoms with Crippen molar-refractivity contribution in [3.8, 4) is 0 Å². The molecule has 0 saturated carbocycles. The first-order valence-electron chi connectivity index (χ1n) is 6.48. The van der Waals surface area contributed by atoms with Crippen LogP contribution in [0.5, 0.6) is 0 Å². The van der Waals surface area contributed by atoms with Crippen molar-refractivity contribution in [2.24, 2.45) is 5.10 Å². The molecule has 5 heteroatoms. The highest BCUT2D eigenvalue weighted by molar-refractivity contribution is 9.10. The highest BCUT2D eigenvalue weighted by atomic mass is 79.9. The van der Waals surface area contributed by atoms with Gasteiger partial charge in [0.15, 0.2) is 0 Å². The molecule has 2 rings (SSSR count). The van der Waals surface area contributed by atoms with E-state index in [1.165, 1.54) is 0 Å². The molecule has 1 N–H and O–H groups in total. The fourth-order valence-corrected chi connectivity index (χ4v) is 2.47. The highest BCUT2D eigenvalue weighted by Crippen LogP contribution is 2.13. The second-order valence-corrected chi connectivity index (χ2v) is 6.20. The van der Waals surface area contributed by atoms with Crippen molar-refractivity contribution in [2.45, 2.75) is 13.3 Å². The average molecular weight is 410 g/mol. The Balaban J connectivity index is 2.14. The van der Waals surface area contributed by atoms with Gasteiger partial charge in [-0.15, -0.1) is 0 Å². The maximum Gasteiger partial charge on any atom is 0.271 e. The fourth-order valence-electron chi connectivity index (χ4n) is 1.80. The summed E-state index contributed by atoms with van der Waals surface area (Å²) in [6.07, 6.45) is 0.737. The maximum absolute atomic E-state index is 12.1. The SMILES string of the molecule is CC/C(=N\NC(=O)c1cccc(Br)c1)c1ccc(Br)cc1. The van der Waals surface area contributed by atoms with Gasteiger partial charge in [0.2, 0.25) is 0 Å². The number of nitrogens with zero attached hydrogens (tertiary/aromatic N) is 1. The summed E-state index contributed by atoms with van der Waals surface area (Å²) < 4.78 is 1.88. The molecule has 2 aromatic rings. The van der Waals surface area contributed by atoms with Crippen LogP contribution < -0.4 is 5.43 Å². The lowest BCUT2D eigenvalue weighted by Gasteiger charge is -2.06. The zero-order chi connectivity index (χ0) is 15.2. The van der Waals surface area contributed by atoms with Crippen molar-refractivity contribution < 1.29 is 4.79 Å². The van der Waals surface area contributed by atoms with Crippen LogP contribution in [0.1, 0.15) is 29.3 Å². The van der Waals surface area contributed by atoms with Gasteiger partial charge in [-0.1, -0.05) is 57.0 Å². The molecule has 0 saturated heterocycles. The van der Waals surface area contributed by atoms with Crippen molar-refractivity contribution in [1.82, 2.24) is 5.43 Å². The lowest BCUT2D eigenvalue weighted by molar-refractivity contribution is 0.0954. The monoisotopic (exact) mass is 408 g/mol. The van der Waals surface area contributed by atoms with Gasteiger partial charge >= 0.3 is 0 Å². The highest BCUT2D eigenvalue weighted by Gasteiger charge is 2.06. The Kier molecular flexibility index (Phi) is 5.70. The maximum atomic E-state index is 12.1. The Morgan fingerprint density at radius 3 is 2.38 bits per heavy atom. The van der Waals surface area contributed by atoms with E-state index in [-0.39, 0.29) is 5.91 Å². The summed E-state index contributed by atoms with van der Waals surface area (Å²) in [6.45, 7) is 2.01. The molecule has 0 bridgehead atoms. The van der Waals surface area contributed by atoms with Crippen molar-refractivity contribution in [2.75, 3.05) is 0 Å². The summed E-state index contributed by atoms with van der Waals surface area (Å²) in [5.74, 6) is -0.223. The normalized spacial score (nSPS) is 11.3. The fraction of sp³-hybridized carbons (Fsp3) is 0.125. The zero-order valence-electron chi connectivity index (χ0n) is 11.4. The van der Waals surface area contributed by atoms with E-state index in [4.69, 9.17) is 0 Å². The Labute approximate surface area is 140 Å². The summed E-state index contributed by atoms with van der Waals surface area (Å²) in [7, 11) is 0. The van der Waals surface area contributed by atoms with Crippen molar-refractivity contribution in [3.63, 3.8) is 0 Å². The number of hydrazone groups is 1. The molecule has 108 valence electrons. The molecule has 0 unspecified atom stereocenters. The third-order valence-corrected chi connectivity index (χ3v) is 3.91. The first-order valence-corrected chi connectivity index (χ1v) is 8.07. The summed E-state index contributed by atoms with van der Waals surface area (Å²) in [5, 5.41) is 4.23. The van der Waals surface area contributed by atoms with Crippen LogP contribution in [0.3, 0.4) is 0 Å². The number of carbonyl (C=O) groups excluding carboxylic acids is 1. The zero-order valence-corrected chi connectivity index (χ0v) is 14.6. The molecule has 2 aromatic carbocycles. The van der Waals surface area contributed by atoms with Gasteiger partial charge in [-0.25, -0.2) is 5.43 Å². The van der Waals surface area contributed by atoms with E-state index in [0.29, 0.717) is 5.56 Å². The standard InChI is InChI=1S/C16H14Br2N2O/c1-2-15(11-6-8-13(17)9-7-11)19-20-16(21)12-4-3-5-14(18)10-12/h3-10H,2H2,1H3,(H,20,21)/b19-15+. The molecule has 0 aliphatic rings. The lowest BCUT2D eigenvalue weighted by atomic mass is 10.1. The number of halogens is 2. The van der Waals surface area contributed by atoms with Gasteiger partial charge in [0.1, 0.15) is 0 Å². The number of benzene rings is 2. The van der Waals surface area contributed by atoms with Crippen LogP contribution in [0.25, 0.3) is 0 Å². The van der Waals surface area contributed by atoms with E-state index < -0.39 is 0 Å². The van der Waals surface area contributed by atoms with E-state index in [9.17, 15) is 4.79 Å². The molecule has 3 nitrogen and oxygen atoms in total. The molecule has 0 aliphatic carbocycles. The van der Waals surface area contributed by atoms with Crippen molar-refractivity contribution in [1.29, 1.82) is 0 Å². The van der Waals surface area contributed by atoms with Gasteiger partial charge in [0.05, 0.1) is 5.71 Å². The molecule has 0 aliphatic heterocycles. The molecule has 0 aromatic heterocycles. The Bertz CT molecular complexity index is 666. The van der Waals surface area contributed by atoms with Gasteiger partial charge in [-0.2, -0.15) is 5.10 Å². The van der Waals surface area contributed by atoms with Gasteiger partial charge in [0, 0.05) is 14.5 Å². The topological polar surface area (TPSA) is 41.5 Å². The van der Waals surface area contributed by atoms with Gasteiger partial charge in [0.25, 0.3) is 5.91 Å². The summed E-state index contributed by atoms with van der Waals surface area (Å²) in [5.41, 5.74) is 5.01. The van der Waals surface area contributed by atoms with Crippen LogP contribution >= 0.6 is 31.9 Å². The second kappa shape index (κ2) is 7.52. The Morgan fingerprint density at radius 1 is 1.05 bits per heavy atom. The first-order chi connectivity index (χ1) is 10.1. The van der Waals surface area contributed by atoms with Crippen LogP contribution in [-0.4, -0.2) is 11.6 Å². The minimum absolute atomic E-state index is 0.223. The first kappa shape index (κ1) is 15.9. The molecule has 0 spiro atoms. The van der Waals surface area contributed by atoms with Crippen LogP contribution in [0.2, 0.25) is 0 Å². The molecular weight excluding hydrogens is 396 g/mol. The molecule has 1 amide bonds. The van der Waals surface area contributed by atoms with Gasteiger partial charge in [-0.05, 0) is 42.3 Å². The number of rotatable bonds is 4. The number of hydrogen-bond donors (Lipinski definition) is 1. The van der Waals surface area contributed by atoms with Crippen LogP contribution in [0.4, 0.5) is 0 Å². The van der Waals surface area contributed by atoms with Crippen molar-refractivity contribution >= 4 is 43.5 Å². The van der Waals surface area contributed by atoms with E-state index >= 15 is 0 Å². The number of amides is 1. The molecule has 21 heavy (non-hydrogen) atoms. The smallest absolute Gasteiger partial charge is 0.267 e. The van der Waals surface area contributed by atoms with Crippen LogP contribution in [0.15, 0.2) is 62.6 Å². The summed E-state index contributed by atoms with van der Waals surface area (Å²) >= 11 is 6.75. The van der Waals surface area contributed by atoms with E-state index in [1.807, 2.05) is 43.3 Å². The molecule has 0 atom stereocenters. The van der Waals surface area contributed by atoms with E-state index in [2.05, 4.69) is 42.4 Å². The summed E-state index contributed by atoms with van der Waals surface area (Å²) in [4.78, 5) is 12.1. The average Bonchev–Trinajstić information content (AvgIpc) is 2.49. The summed E-state index contributed by atoms with van der Waals surface area (Å²) in [6, 6.07) is 15.1. The Morgan fingerprint density at radius 2 is 1.76 bits per heavy atom. The number of nitrogens with one attached hydrogen (secondary N) is 1. The lowest BCUT2D eigenvalue weighted by Crippen LogP contribution is -2.19. The number of carbonyl (C=O) groups is 1. The van der Waals surface area contributed by atoms with Gasteiger partial charge < -0.3 is 0 Å². The molecule has 0 fully saturated rings. The largest absolute Gasteiger partial charge is 0.271 e. The quantitative estimate of drug-likeness (QED) is 0.574. The minimum atomic E-state index is -0.223. The molecule has 0 radical (unpaired) electrons. The predicted octanol–water partition coefficient (Wildman–Crippen LogP) is 4.76.